The lowest BCUT2D eigenvalue weighted by Crippen LogP contribution is -2.38. The van der Waals surface area contributed by atoms with E-state index < -0.39 is 11.4 Å². The minimum atomic E-state index is -1.24. The van der Waals surface area contributed by atoms with Crippen LogP contribution in [0.1, 0.15) is 20.8 Å². The van der Waals surface area contributed by atoms with Crippen LogP contribution in [0.5, 0.6) is 5.75 Å². The Morgan fingerprint density at radius 2 is 1.85 bits per heavy atom. The Balaban J connectivity index is 2.66. The molecule has 1 aromatic carbocycles. The van der Waals surface area contributed by atoms with Crippen LogP contribution in [-0.4, -0.2) is 25.0 Å². The number of hydrogen-bond donors (Lipinski definition) is 0. The molecule has 110 valence electrons. The molecule has 0 unspecified atom stereocenters. The minimum absolute atomic E-state index is 0.225. The molecule has 0 N–H and O–H groups in total. The van der Waals surface area contributed by atoms with Gasteiger partial charge in [0.1, 0.15) is 17.8 Å². The Kier molecular flexibility index (Phi) is 5.84. The smallest absolute Gasteiger partial charge is 0.319 e. The van der Waals surface area contributed by atoms with Gasteiger partial charge in [-0.05, 0) is 32.9 Å². The van der Waals surface area contributed by atoms with Crippen molar-refractivity contribution in [3.63, 3.8) is 0 Å². The SMILES string of the molecule is CCOC(=O)C(C)(C)C(=O)COc1ccc(Cl)c(Cl)c1. The van der Waals surface area contributed by atoms with Gasteiger partial charge in [0.05, 0.1) is 16.7 Å². The number of ketones is 1. The number of esters is 1. The average Bonchev–Trinajstić information content (AvgIpc) is 2.39. The lowest BCUT2D eigenvalue weighted by Gasteiger charge is -2.20. The summed E-state index contributed by atoms with van der Waals surface area (Å²) in [6.07, 6.45) is 0. The highest BCUT2D eigenvalue weighted by atomic mass is 35.5. The second kappa shape index (κ2) is 6.95. The number of Topliss-reactive ketones (excluding diaryl/α,β-unsaturated/α-hetero) is 1. The third-order valence-corrected chi connectivity index (χ3v) is 3.48. The molecular weight excluding hydrogens is 303 g/mol. The molecule has 1 aromatic rings. The number of benzene rings is 1. The molecule has 0 radical (unpaired) electrons. The fraction of sp³-hybridized carbons (Fsp3) is 0.429. The summed E-state index contributed by atoms with van der Waals surface area (Å²) in [5, 5.41) is 0.735. The molecule has 4 nitrogen and oxygen atoms in total. The summed E-state index contributed by atoms with van der Waals surface area (Å²) in [4.78, 5) is 23.7. The number of carbonyl (C=O) groups is 2. The van der Waals surface area contributed by atoms with Gasteiger partial charge in [-0.25, -0.2) is 0 Å². The van der Waals surface area contributed by atoms with Gasteiger partial charge in [-0.1, -0.05) is 23.2 Å². The average molecular weight is 319 g/mol. The van der Waals surface area contributed by atoms with Crippen LogP contribution in [0.25, 0.3) is 0 Å². The van der Waals surface area contributed by atoms with Crippen molar-refractivity contribution in [1.29, 1.82) is 0 Å². The largest absolute Gasteiger partial charge is 0.486 e. The first-order chi connectivity index (χ1) is 9.28. The van der Waals surface area contributed by atoms with E-state index in [1.807, 2.05) is 0 Å². The summed E-state index contributed by atoms with van der Waals surface area (Å²) in [6.45, 7) is 4.68. The van der Waals surface area contributed by atoms with E-state index in [4.69, 9.17) is 32.7 Å². The van der Waals surface area contributed by atoms with E-state index in [1.54, 1.807) is 19.1 Å². The van der Waals surface area contributed by atoms with Gasteiger partial charge in [0.15, 0.2) is 5.78 Å². The van der Waals surface area contributed by atoms with Crippen molar-refractivity contribution in [2.24, 2.45) is 5.41 Å². The zero-order valence-electron chi connectivity index (χ0n) is 11.5. The fourth-order valence-corrected chi connectivity index (χ4v) is 1.61. The van der Waals surface area contributed by atoms with Gasteiger partial charge in [0.2, 0.25) is 0 Å². The van der Waals surface area contributed by atoms with Gasteiger partial charge in [-0.2, -0.15) is 0 Å². The van der Waals surface area contributed by atoms with Crippen LogP contribution in [0.15, 0.2) is 18.2 Å². The van der Waals surface area contributed by atoms with Gasteiger partial charge in [0, 0.05) is 6.07 Å². The maximum Gasteiger partial charge on any atom is 0.319 e. The van der Waals surface area contributed by atoms with Crippen LogP contribution in [0.4, 0.5) is 0 Å². The molecular formula is C14H16Cl2O4. The second-order valence-electron chi connectivity index (χ2n) is 4.63. The molecule has 0 saturated heterocycles. The lowest BCUT2D eigenvalue weighted by molar-refractivity contribution is -0.158. The Hall–Kier alpha value is -1.26. The number of halogens is 2. The van der Waals surface area contributed by atoms with Crippen LogP contribution in [0, 0.1) is 5.41 Å². The van der Waals surface area contributed by atoms with Crippen LogP contribution in [0.3, 0.4) is 0 Å². The van der Waals surface area contributed by atoms with Crippen molar-refractivity contribution >= 4 is 35.0 Å². The van der Waals surface area contributed by atoms with E-state index in [0.29, 0.717) is 15.8 Å². The molecule has 1 rings (SSSR count). The first kappa shape index (κ1) is 16.8. The van der Waals surface area contributed by atoms with Gasteiger partial charge in [0.25, 0.3) is 0 Å². The molecule has 6 heteroatoms. The summed E-state index contributed by atoms with van der Waals surface area (Å²) < 4.78 is 10.2. The second-order valence-corrected chi connectivity index (χ2v) is 5.45. The quantitative estimate of drug-likeness (QED) is 0.594. The molecule has 0 fully saturated rings. The van der Waals surface area contributed by atoms with Crippen molar-refractivity contribution in [2.45, 2.75) is 20.8 Å². The van der Waals surface area contributed by atoms with E-state index in [-0.39, 0.29) is 19.0 Å². The summed E-state index contributed by atoms with van der Waals surface area (Å²) >= 11 is 11.6. The third kappa shape index (κ3) is 4.12. The van der Waals surface area contributed by atoms with E-state index in [2.05, 4.69) is 0 Å². The van der Waals surface area contributed by atoms with Crippen molar-refractivity contribution in [3.05, 3.63) is 28.2 Å². The maximum atomic E-state index is 12.0. The van der Waals surface area contributed by atoms with Crippen LogP contribution >= 0.6 is 23.2 Å². The molecule has 0 amide bonds. The summed E-state index contributed by atoms with van der Waals surface area (Å²) in [5.41, 5.74) is -1.24. The number of carbonyl (C=O) groups excluding carboxylic acids is 2. The molecule has 0 spiro atoms. The van der Waals surface area contributed by atoms with E-state index in [1.165, 1.54) is 19.9 Å². The van der Waals surface area contributed by atoms with Gasteiger partial charge >= 0.3 is 5.97 Å². The molecule has 0 bridgehead atoms. The maximum absolute atomic E-state index is 12.0. The van der Waals surface area contributed by atoms with Gasteiger partial charge in [-0.15, -0.1) is 0 Å². The molecule has 0 atom stereocenters. The third-order valence-electron chi connectivity index (χ3n) is 2.74. The van der Waals surface area contributed by atoms with Crippen molar-refractivity contribution < 1.29 is 19.1 Å². The van der Waals surface area contributed by atoms with Crippen LogP contribution in [-0.2, 0) is 14.3 Å². The first-order valence-corrected chi connectivity index (χ1v) is 6.83. The summed E-state index contributed by atoms with van der Waals surface area (Å²) in [5.74, 6) is -0.530. The first-order valence-electron chi connectivity index (χ1n) is 6.07. The number of ether oxygens (including phenoxy) is 2. The zero-order chi connectivity index (χ0) is 15.3. The molecule has 0 heterocycles. The molecule has 0 aliphatic carbocycles. The molecule has 0 aliphatic heterocycles. The molecule has 0 aromatic heterocycles. The van der Waals surface area contributed by atoms with Crippen molar-refractivity contribution in [2.75, 3.05) is 13.2 Å². The monoisotopic (exact) mass is 318 g/mol. The van der Waals surface area contributed by atoms with E-state index in [0.717, 1.165) is 0 Å². The Labute approximate surface area is 128 Å². The minimum Gasteiger partial charge on any atom is -0.486 e. The Bertz CT molecular complexity index is 512. The van der Waals surface area contributed by atoms with E-state index in [9.17, 15) is 9.59 Å². The number of rotatable bonds is 6. The standard InChI is InChI=1S/C14H16Cl2O4/c1-4-19-13(18)14(2,3)12(17)8-20-9-5-6-10(15)11(16)7-9/h5-7H,4,8H2,1-3H3. The number of hydrogen-bond acceptors (Lipinski definition) is 4. The van der Waals surface area contributed by atoms with E-state index >= 15 is 0 Å². The van der Waals surface area contributed by atoms with Gasteiger partial charge in [-0.3, -0.25) is 9.59 Å². The van der Waals surface area contributed by atoms with Crippen molar-refractivity contribution in [3.8, 4) is 5.75 Å². The van der Waals surface area contributed by atoms with Crippen molar-refractivity contribution in [1.82, 2.24) is 0 Å². The predicted octanol–water partition coefficient (Wildman–Crippen LogP) is 3.53. The van der Waals surface area contributed by atoms with Gasteiger partial charge < -0.3 is 9.47 Å². The zero-order valence-corrected chi connectivity index (χ0v) is 13.0. The summed E-state index contributed by atoms with van der Waals surface area (Å²) in [6, 6.07) is 4.67. The fourth-order valence-electron chi connectivity index (χ4n) is 1.32. The molecule has 20 heavy (non-hydrogen) atoms. The Morgan fingerprint density at radius 1 is 1.20 bits per heavy atom. The van der Waals surface area contributed by atoms with Crippen LogP contribution in [0.2, 0.25) is 10.0 Å². The predicted molar refractivity (Wildman–Crippen MR) is 77.4 cm³/mol. The highest BCUT2D eigenvalue weighted by Crippen LogP contribution is 2.27. The molecule has 0 saturated carbocycles. The highest BCUT2D eigenvalue weighted by molar-refractivity contribution is 6.42. The van der Waals surface area contributed by atoms with Crippen LogP contribution < -0.4 is 4.74 Å². The highest BCUT2D eigenvalue weighted by Gasteiger charge is 2.37. The Morgan fingerprint density at radius 3 is 2.40 bits per heavy atom. The summed E-state index contributed by atoms with van der Waals surface area (Å²) in [7, 11) is 0. The topological polar surface area (TPSA) is 52.6 Å². The molecule has 0 aliphatic rings. The lowest BCUT2D eigenvalue weighted by atomic mass is 9.88. The normalized spacial score (nSPS) is 11.1.